The molecule has 0 radical (unpaired) electrons. The number of fused-ring (bicyclic) bond motifs is 1. The second kappa shape index (κ2) is 10.0. The molecule has 0 fully saturated rings. The fourth-order valence-corrected chi connectivity index (χ4v) is 3.47. The second-order valence-corrected chi connectivity index (χ2v) is 7.33. The topological polar surface area (TPSA) is 70.8 Å². The van der Waals surface area contributed by atoms with Crippen LogP contribution in [0.4, 0.5) is 0 Å². The van der Waals surface area contributed by atoms with Crippen molar-refractivity contribution in [2.24, 2.45) is 0 Å². The van der Waals surface area contributed by atoms with E-state index >= 15 is 0 Å². The molecule has 3 aromatic carbocycles. The van der Waals surface area contributed by atoms with Gasteiger partial charge < -0.3 is 18.6 Å². The summed E-state index contributed by atoms with van der Waals surface area (Å²) < 4.78 is 22.6. The number of allylic oxidation sites excluding steroid dienone is 1. The highest BCUT2D eigenvalue weighted by molar-refractivity contribution is 6.31. The van der Waals surface area contributed by atoms with Gasteiger partial charge in [0.05, 0.1) is 26.4 Å². The molecule has 0 spiro atoms. The second-order valence-electron chi connectivity index (χ2n) is 7.33. The van der Waals surface area contributed by atoms with Gasteiger partial charge in [0.2, 0.25) is 5.89 Å². The molecule has 0 aliphatic heterocycles. The number of ketones is 1. The van der Waals surface area contributed by atoms with E-state index in [9.17, 15) is 4.79 Å². The lowest BCUT2D eigenvalue weighted by molar-refractivity contribution is 0.105. The zero-order valence-electron chi connectivity index (χ0n) is 18.8. The molecule has 0 amide bonds. The van der Waals surface area contributed by atoms with Crippen LogP contribution in [0.15, 0.2) is 71.1 Å². The average Bonchev–Trinajstić information content (AvgIpc) is 3.29. The number of Topliss-reactive ketones (excluding diaryl/α,β-unsaturated/α-hetero) is 1. The van der Waals surface area contributed by atoms with Crippen molar-refractivity contribution in [2.45, 2.75) is 13.3 Å². The molecule has 0 saturated carbocycles. The van der Waals surface area contributed by atoms with Gasteiger partial charge in [0.15, 0.2) is 22.9 Å². The molecule has 0 saturated heterocycles. The van der Waals surface area contributed by atoms with E-state index in [-0.39, 0.29) is 11.7 Å². The molecule has 168 valence electrons. The Morgan fingerprint density at radius 2 is 1.76 bits per heavy atom. The zero-order valence-corrected chi connectivity index (χ0v) is 18.8. The molecule has 0 aliphatic rings. The minimum absolute atomic E-state index is 0.228. The summed E-state index contributed by atoms with van der Waals surface area (Å²) in [6.07, 6.45) is 2.63. The summed E-state index contributed by atoms with van der Waals surface area (Å²) in [7, 11) is 3.13. The molecule has 33 heavy (non-hydrogen) atoms. The zero-order chi connectivity index (χ0) is 23.2. The number of methoxy groups -OCH3 is 2. The molecule has 0 unspecified atom stereocenters. The number of hydrogen-bond donors (Lipinski definition) is 0. The van der Waals surface area contributed by atoms with E-state index in [1.165, 1.54) is 0 Å². The molecule has 0 aliphatic carbocycles. The third-order valence-corrected chi connectivity index (χ3v) is 5.09. The number of oxazole rings is 1. The first-order chi connectivity index (χ1) is 16.1. The van der Waals surface area contributed by atoms with Crippen molar-refractivity contribution in [3.8, 4) is 17.2 Å². The number of hydrogen-bond acceptors (Lipinski definition) is 6. The molecule has 1 aromatic heterocycles. The quantitative estimate of drug-likeness (QED) is 0.231. The number of benzene rings is 3. The molecule has 0 atom stereocenters. The smallest absolute Gasteiger partial charge is 0.231 e. The Bertz CT molecular complexity index is 1250. The van der Waals surface area contributed by atoms with E-state index < -0.39 is 0 Å². The summed E-state index contributed by atoms with van der Waals surface area (Å²) in [6, 6.07) is 19.9. The van der Waals surface area contributed by atoms with Crippen LogP contribution in [0.5, 0.6) is 17.2 Å². The summed E-state index contributed by atoms with van der Waals surface area (Å²) in [5.74, 6) is 1.80. The fraction of sp³-hybridized carbons (Fsp3) is 0.185. The summed E-state index contributed by atoms with van der Waals surface area (Å²) in [6.45, 7) is 2.67. The third kappa shape index (κ3) is 4.75. The van der Waals surface area contributed by atoms with Gasteiger partial charge in [-0.3, -0.25) is 4.79 Å². The lowest BCUT2D eigenvalue weighted by Crippen LogP contribution is -2.04. The van der Waals surface area contributed by atoms with Gasteiger partial charge in [-0.1, -0.05) is 31.2 Å². The van der Waals surface area contributed by atoms with Crippen LogP contribution < -0.4 is 14.2 Å². The molecule has 0 bridgehead atoms. The molecule has 6 nitrogen and oxygen atoms in total. The molecule has 0 N–H and O–H groups in total. The summed E-state index contributed by atoms with van der Waals surface area (Å²) >= 11 is 0. The number of carbonyl (C=O) groups excluding carboxylic acids is 1. The van der Waals surface area contributed by atoms with Crippen LogP contribution >= 0.6 is 0 Å². The van der Waals surface area contributed by atoms with Crippen molar-refractivity contribution in [1.29, 1.82) is 0 Å². The summed E-state index contributed by atoms with van der Waals surface area (Å²) in [5, 5.41) is 0. The van der Waals surface area contributed by atoms with Gasteiger partial charge in [0.1, 0.15) is 11.3 Å². The van der Waals surface area contributed by atoms with E-state index in [1.54, 1.807) is 50.6 Å². The van der Waals surface area contributed by atoms with Crippen molar-refractivity contribution in [1.82, 2.24) is 4.98 Å². The van der Waals surface area contributed by atoms with Gasteiger partial charge in [-0.2, -0.15) is 0 Å². The highest BCUT2D eigenvalue weighted by Crippen LogP contribution is 2.34. The van der Waals surface area contributed by atoms with Crippen LogP contribution in [0, 0.1) is 0 Å². The largest absolute Gasteiger partial charge is 0.494 e. The first-order valence-electron chi connectivity index (χ1n) is 10.7. The van der Waals surface area contributed by atoms with E-state index in [0.29, 0.717) is 45.9 Å². The Kier molecular flexibility index (Phi) is 6.74. The number of para-hydroxylation sites is 3. The lowest BCUT2D eigenvalue weighted by Gasteiger charge is -2.11. The minimum atomic E-state index is -0.228. The van der Waals surface area contributed by atoms with Crippen molar-refractivity contribution in [2.75, 3.05) is 20.8 Å². The molecular weight excluding hydrogens is 418 g/mol. The SMILES string of the molecule is CCCOc1ccc(C(=O)/C(=C/c2cccc(OC)c2OC)c2nc3ccccc3o2)cc1. The van der Waals surface area contributed by atoms with Crippen LogP contribution in [0.1, 0.15) is 35.2 Å². The highest BCUT2D eigenvalue weighted by Gasteiger charge is 2.22. The first-order valence-corrected chi connectivity index (χ1v) is 10.7. The number of nitrogens with zero attached hydrogens (tertiary/aromatic N) is 1. The maximum Gasteiger partial charge on any atom is 0.231 e. The predicted octanol–water partition coefficient (Wildman–Crippen LogP) is 6.06. The normalized spacial score (nSPS) is 11.4. The number of ether oxygens (including phenoxy) is 3. The Morgan fingerprint density at radius 1 is 0.970 bits per heavy atom. The molecular formula is C27H25NO5. The summed E-state index contributed by atoms with van der Waals surface area (Å²) in [4.78, 5) is 18.2. The van der Waals surface area contributed by atoms with Gasteiger partial charge in [-0.25, -0.2) is 4.98 Å². The van der Waals surface area contributed by atoms with Crippen molar-refractivity contribution >= 4 is 28.5 Å². The lowest BCUT2D eigenvalue weighted by atomic mass is 10.00. The highest BCUT2D eigenvalue weighted by atomic mass is 16.5. The Hall–Kier alpha value is -4.06. The van der Waals surface area contributed by atoms with E-state index in [1.807, 2.05) is 43.3 Å². The van der Waals surface area contributed by atoms with Gasteiger partial charge in [0.25, 0.3) is 0 Å². The van der Waals surface area contributed by atoms with Crippen LogP contribution in [0.25, 0.3) is 22.7 Å². The van der Waals surface area contributed by atoms with Crippen molar-refractivity contribution < 1.29 is 23.4 Å². The minimum Gasteiger partial charge on any atom is -0.494 e. The molecule has 4 rings (SSSR count). The fourth-order valence-electron chi connectivity index (χ4n) is 3.47. The van der Waals surface area contributed by atoms with E-state index in [0.717, 1.165) is 12.2 Å². The predicted molar refractivity (Wildman–Crippen MR) is 128 cm³/mol. The van der Waals surface area contributed by atoms with E-state index in [2.05, 4.69) is 4.98 Å². The first kappa shape index (κ1) is 22.1. The Labute approximate surface area is 192 Å². The standard InChI is InChI=1S/C27H25NO5/c1-4-16-32-20-14-12-18(13-15-20)25(29)21(27-28-22-9-5-6-10-23(22)33-27)17-19-8-7-11-24(30-2)26(19)31-3/h5-15,17H,4,16H2,1-3H3/b21-17-. The van der Waals surface area contributed by atoms with Crippen LogP contribution in [0.3, 0.4) is 0 Å². The maximum atomic E-state index is 13.6. The average molecular weight is 443 g/mol. The molecule has 6 heteroatoms. The Morgan fingerprint density at radius 3 is 2.45 bits per heavy atom. The monoisotopic (exact) mass is 443 g/mol. The molecule has 4 aromatic rings. The number of rotatable bonds is 9. The van der Waals surface area contributed by atoms with Gasteiger partial charge in [-0.15, -0.1) is 0 Å². The summed E-state index contributed by atoms with van der Waals surface area (Å²) in [5.41, 5.74) is 2.75. The third-order valence-electron chi connectivity index (χ3n) is 5.09. The molecule has 1 heterocycles. The van der Waals surface area contributed by atoms with Crippen LogP contribution in [-0.4, -0.2) is 31.6 Å². The van der Waals surface area contributed by atoms with E-state index in [4.69, 9.17) is 18.6 Å². The maximum absolute atomic E-state index is 13.6. The van der Waals surface area contributed by atoms with Crippen molar-refractivity contribution in [3.63, 3.8) is 0 Å². The van der Waals surface area contributed by atoms with Crippen LogP contribution in [-0.2, 0) is 0 Å². The van der Waals surface area contributed by atoms with Crippen LogP contribution in [0.2, 0.25) is 0 Å². The number of carbonyl (C=O) groups is 1. The van der Waals surface area contributed by atoms with Gasteiger partial charge in [0, 0.05) is 11.1 Å². The Balaban J connectivity index is 1.81. The van der Waals surface area contributed by atoms with Gasteiger partial charge in [-0.05, 0) is 55.0 Å². The van der Waals surface area contributed by atoms with Gasteiger partial charge >= 0.3 is 0 Å². The number of aromatic nitrogens is 1. The van der Waals surface area contributed by atoms with Crippen molar-refractivity contribution in [3.05, 3.63) is 83.7 Å².